The molecule has 0 radical (unpaired) electrons. The molecule has 0 saturated carbocycles. The van der Waals surface area contributed by atoms with E-state index in [-0.39, 0.29) is 0 Å². The molecule has 0 spiro atoms. The number of anilines is 1. The Kier molecular flexibility index (Phi) is 5.38. The van der Waals surface area contributed by atoms with Crippen LogP contribution in [0.2, 0.25) is 0 Å². The predicted octanol–water partition coefficient (Wildman–Crippen LogP) is 4.64. The van der Waals surface area contributed by atoms with Gasteiger partial charge in [0.2, 0.25) is 0 Å². The molecule has 0 aliphatic rings. The van der Waals surface area contributed by atoms with E-state index in [9.17, 15) is 4.79 Å². The van der Waals surface area contributed by atoms with E-state index in [1.165, 1.54) is 0 Å². The molecule has 0 aliphatic carbocycles. The first-order valence-electron chi connectivity index (χ1n) is 7.89. The van der Waals surface area contributed by atoms with Crippen LogP contribution < -0.4 is 5.06 Å². The van der Waals surface area contributed by atoms with Crippen LogP contribution in [0.15, 0.2) is 84.9 Å². The van der Waals surface area contributed by atoms with Crippen LogP contribution in [-0.2, 0) is 18.0 Å². The zero-order valence-corrected chi connectivity index (χ0v) is 13.3. The van der Waals surface area contributed by atoms with Crippen LogP contribution in [0.4, 0.5) is 5.69 Å². The lowest BCUT2D eigenvalue weighted by atomic mass is 10.2. The Morgan fingerprint density at radius 3 is 1.92 bits per heavy atom. The molecular formula is C21H19NO2. The summed E-state index contributed by atoms with van der Waals surface area (Å²) in [5.41, 5.74) is 3.84. The Hall–Kier alpha value is -2.91. The Balaban J connectivity index is 1.78. The van der Waals surface area contributed by atoms with E-state index < -0.39 is 0 Å². The van der Waals surface area contributed by atoms with Crippen molar-refractivity contribution < 1.29 is 9.63 Å². The summed E-state index contributed by atoms with van der Waals surface area (Å²) in [6.45, 7) is 1.12. The molecule has 3 rings (SSSR count). The number of benzene rings is 3. The number of hydroxylamine groups is 1. The van der Waals surface area contributed by atoms with Crippen molar-refractivity contribution in [1.82, 2.24) is 0 Å². The summed E-state index contributed by atoms with van der Waals surface area (Å²) in [6, 6.07) is 27.6. The van der Waals surface area contributed by atoms with Crippen LogP contribution in [0.5, 0.6) is 0 Å². The Labute approximate surface area is 142 Å². The first kappa shape index (κ1) is 16.0. The molecule has 0 aliphatic heterocycles. The second-order valence-corrected chi connectivity index (χ2v) is 5.49. The lowest BCUT2D eigenvalue weighted by molar-refractivity contribution is 0.0908. The zero-order valence-electron chi connectivity index (χ0n) is 13.3. The Morgan fingerprint density at radius 2 is 1.33 bits per heavy atom. The Morgan fingerprint density at radius 1 is 0.750 bits per heavy atom. The first-order valence-corrected chi connectivity index (χ1v) is 7.89. The SMILES string of the molecule is O=Cc1ccc(N(Cc2ccccc2)OCc2ccccc2)cc1. The minimum Gasteiger partial charge on any atom is -0.298 e. The average Bonchev–Trinajstić information content (AvgIpc) is 2.67. The second-order valence-electron chi connectivity index (χ2n) is 5.49. The molecule has 0 atom stereocenters. The topological polar surface area (TPSA) is 29.5 Å². The highest BCUT2D eigenvalue weighted by atomic mass is 16.7. The number of carbonyl (C=O) groups excluding carboxylic acids is 1. The van der Waals surface area contributed by atoms with Crippen molar-refractivity contribution in [2.75, 3.05) is 5.06 Å². The van der Waals surface area contributed by atoms with Crippen LogP contribution in [0.1, 0.15) is 21.5 Å². The summed E-state index contributed by atoms with van der Waals surface area (Å²) < 4.78 is 0. The lowest BCUT2D eigenvalue weighted by Gasteiger charge is -2.24. The maximum absolute atomic E-state index is 10.8. The van der Waals surface area contributed by atoms with Gasteiger partial charge in [-0.15, -0.1) is 0 Å². The standard InChI is InChI=1S/C21H19NO2/c23-16-19-11-13-21(14-12-19)22(15-18-7-3-1-4-8-18)24-17-20-9-5-2-6-10-20/h1-14,16H,15,17H2. The van der Waals surface area contributed by atoms with E-state index in [0.29, 0.717) is 18.7 Å². The molecule has 0 heterocycles. The van der Waals surface area contributed by atoms with Crippen molar-refractivity contribution in [2.24, 2.45) is 0 Å². The van der Waals surface area contributed by atoms with Gasteiger partial charge in [0, 0.05) is 5.56 Å². The van der Waals surface area contributed by atoms with Crippen molar-refractivity contribution >= 4 is 12.0 Å². The molecule has 0 amide bonds. The van der Waals surface area contributed by atoms with Crippen molar-refractivity contribution in [3.05, 3.63) is 102 Å². The smallest absolute Gasteiger partial charge is 0.150 e. The molecule has 3 aromatic carbocycles. The number of carbonyl (C=O) groups is 1. The van der Waals surface area contributed by atoms with Crippen molar-refractivity contribution in [3.8, 4) is 0 Å². The van der Waals surface area contributed by atoms with E-state index in [0.717, 1.165) is 23.1 Å². The number of rotatable bonds is 7. The fourth-order valence-corrected chi connectivity index (χ4v) is 2.41. The average molecular weight is 317 g/mol. The minimum absolute atomic E-state index is 0.489. The van der Waals surface area contributed by atoms with Crippen molar-refractivity contribution in [3.63, 3.8) is 0 Å². The van der Waals surface area contributed by atoms with Gasteiger partial charge in [-0.3, -0.25) is 9.63 Å². The molecule has 0 fully saturated rings. The van der Waals surface area contributed by atoms with Gasteiger partial charge in [0.05, 0.1) is 18.8 Å². The number of hydrogen-bond acceptors (Lipinski definition) is 3. The molecule has 0 aromatic heterocycles. The summed E-state index contributed by atoms with van der Waals surface area (Å²) in [7, 11) is 0. The minimum atomic E-state index is 0.489. The molecule has 0 bridgehead atoms. The number of nitrogens with zero attached hydrogens (tertiary/aromatic N) is 1. The maximum Gasteiger partial charge on any atom is 0.150 e. The highest BCUT2D eigenvalue weighted by molar-refractivity contribution is 5.75. The van der Waals surface area contributed by atoms with E-state index in [4.69, 9.17) is 4.84 Å². The van der Waals surface area contributed by atoms with Crippen LogP contribution in [-0.4, -0.2) is 6.29 Å². The lowest BCUT2D eigenvalue weighted by Crippen LogP contribution is -2.23. The van der Waals surface area contributed by atoms with Gasteiger partial charge in [0.1, 0.15) is 6.29 Å². The maximum atomic E-state index is 10.8. The van der Waals surface area contributed by atoms with E-state index in [1.54, 1.807) is 12.1 Å². The summed E-state index contributed by atoms with van der Waals surface area (Å²) in [5.74, 6) is 0. The first-order chi connectivity index (χ1) is 11.8. The number of aldehydes is 1. The van der Waals surface area contributed by atoms with Crippen molar-refractivity contribution in [1.29, 1.82) is 0 Å². The van der Waals surface area contributed by atoms with Gasteiger partial charge in [-0.05, 0) is 35.4 Å². The molecule has 3 aromatic rings. The molecular weight excluding hydrogens is 298 g/mol. The molecule has 0 N–H and O–H groups in total. The normalized spacial score (nSPS) is 10.3. The summed E-state index contributed by atoms with van der Waals surface area (Å²) in [6.07, 6.45) is 0.843. The summed E-state index contributed by atoms with van der Waals surface area (Å²) in [5, 5.41) is 1.86. The fourth-order valence-electron chi connectivity index (χ4n) is 2.41. The van der Waals surface area contributed by atoms with Gasteiger partial charge < -0.3 is 0 Å². The van der Waals surface area contributed by atoms with Gasteiger partial charge in [-0.2, -0.15) is 0 Å². The van der Waals surface area contributed by atoms with Crippen LogP contribution >= 0.6 is 0 Å². The highest BCUT2D eigenvalue weighted by Gasteiger charge is 2.09. The third kappa shape index (κ3) is 4.31. The molecule has 3 nitrogen and oxygen atoms in total. The van der Waals surface area contributed by atoms with Gasteiger partial charge in [-0.1, -0.05) is 60.7 Å². The van der Waals surface area contributed by atoms with Gasteiger partial charge >= 0.3 is 0 Å². The van der Waals surface area contributed by atoms with E-state index in [2.05, 4.69) is 12.1 Å². The Bertz CT molecular complexity index is 755. The number of hydrogen-bond donors (Lipinski definition) is 0. The molecule has 0 unspecified atom stereocenters. The monoisotopic (exact) mass is 317 g/mol. The fraction of sp³-hybridized carbons (Fsp3) is 0.0952. The third-order valence-corrected chi connectivity index (χ3v) is 3.72. The van der Waals surface area contributed by atoms with Crippen LogP contribution in [0.25, 0.3) is 0 Å². The highest BCUT2D eigenvalue weighted by Crippen LogP contribution is 2.19. The summed E-state index contributed by atoms with van der Waals surface area (Å²) in [4.78, 5) is 16.9. The molecule has 120 valence electrons. The van der Waals surface area contributed by atoms with Gasteiger partial charge in [0.15, 0.2) is 0 Å². The third-order valence-electron chi connectivity index (χ3n) is 3.72. The quantitative estimate of drug-likeness (QED) is 0.470. The van der Waals surface area contributed by atoms with Gasteiger partial charge in [0.25, 0.3) is 0 Å². The molecule has 24 heavy (non-hydrogen) atoms. The van der Waals surface area contributed by atoms with E-state index in [1.807, 2.05) is 65.7 Å². The zero-order chi connectivity index (χ0) is 16.6. The second kappa shape index (κ2) is 8.09. The van der Waals surface area contributed by atoms with Crippen LogP contribution in [0, 0.1) is 0 Å². The predicted molar refractivity (Wildman–Crippen MR) is 95.7 cm³/mol. The van der Waals surface area contributed by atoms with Gasteiger partial charge in [-0.25, -0.2) is 5.06 Å². The summed E-state index contributed by atoms with van der Waals surface area (Å²) >= 11 is 0. The molecule has 0 saturated heterocycles. The van der Waals surface area contributed by atoms with E-state index >= 15 is 0 Å². The van der Waals surface area contributed by atoms with Crippen LogP contribution in [0.3, 0.4) is 0 Å². The largest absolute Gasteiger partial charge is 0.298 e. The van der Waals surface area contributed by atoms with Crippen molar-refractivity contribution in [2.45, 2.75) is 13.2 Å². The molecule has 3 heteroatoms.